The third-order valence-corrected chi connectivity index (χ3v) is 5.31. The van der Waals surface area contributed by atoms with E-state index in [4.69, 9.17) is 11.6 Å². The molecule has 0 saturated carbocycles. The van der Waals surface area contributed by atoms with Crippen molar-refractivity contribution in [3.63, 3.8) is 0 Å². The first kappa shape index (κ1) is 18.5. The summed E-state index contributed by atoms with van der Waals surface area (Å²) in [5.41, 5.74) is 3.43. The number of amides is 2. The van der Waals surface area contributed by atoms with Crippen molar-refractivity contribution >= 4 is 23.4 Å². The smallest absolute Gasteiger partial charge is 0.255 e. The lowest BCUT2D eigenvalue weighted by Gasteiger charge is -2.31. The number of halogens is 1. The van der Waals surface area contributed by atoms with E-state index in [0.29, 0.717) is 43.1 Å². The second kappa shape index (κ2) is 7.91. The molecule has 26 heavy (non-hydrogen) atoms. The fourth-order valence-corrected chi connectivity index (χ4v) is 3.52. The number of piperidine rings is 1. The van der Waals surface area contributed by atoms with E-state index >= 15 is 0 Å². The number of aromatic nitrogens is 2. The first-order valence-corrected chi connectivity index (χ1v) is 9.17. The molecular weight excluding hydrogens is 352 g/mol. The highest BCUT2D eigenvalue weighted by Gasteiger charge is 2.28. The standard InChI is InChI=1S/C19H23ClN4O2/c1-12-16(13(2)23-22-12)11-21-18(25)14-7-9-24(10-8-14)19(26)15-5-3-4-6-17(15)20/h3-6,14H,7-11H2,1-2H3,(H,21,25)(H,22,23). The Morgan fingerprint density at radius 3 is 2.58 bits per heavy atom. The fourth-order valence-electron chi connectivity index (χ4n) is 3.30. The van der Waals surface area contributed by atoms with Gasteiger partial charge >= 0.3 is 0 Å². The van der Waals surface area contributed by atoms with Crippen molar-refractivity contribution < 1.29 is 9.59 Å². The SMILES string of the molecule is Cc1n[nH]c(C)c1CNC(=O)C1CCN(C(=O)c2ccccc2Cl)CC1. The van der Waals surface area contributed by atoms with Gasteiger partial charge in [0.15, 0.2) is 0 Å². The molecule has 2 N–H and O–H groups in total. The molecule has 0 spiro atoms. The van der Waals surface area contributed by atoms with E-state index in [2.05, 4.69) is 15.5 Å². The molecule has 2 heterocycles. The molecule has 0 aliphatic carbocycles. The van der Waals surface area contributed by atoms with E-state index in [1.54, 1.807) is 29.2 Å². The zero-order chi connectivity index (χ0) is 18.7. The van der Waals surface area contributed by atoms with Crippen molar-refractivity contribution in [1.82, 2.24) is 20.4 Å². The molecule has 1 aliphatic heterocycles. The van der Waals surface area contributed by atoms with Gasteiger partial charge in [0.1, 0.15) is 0 Å². The Morgan fingerprint density at radius 2 is 1.96 bits per heavy atom. The van der Waals surface area contributed by atoms with Crippen LogP contribution in [-0.4, -0.2) is 40.0 Å². The van der Waals surface area contributed by atoms with Crippen molar-refractivity contribution in [3.8, 4) is 0 Å². The van der Waals surface area contributed by atoms with Gasteiger partial charge in [-0.3, -0.25) is 14.7 Å². The lowest BCUT2D eigenvalue weighted by molar-refractivity contribution is -0.126. The van der Waals surface area contributed by atoms with Crippen molar-refractivity contribution in [2.24, 2.45) is 5.92 Å². The maximum absolute atomic E-state index is 12.6. The topological polar surface area (TPSA) is 78.1 Å². The average Bonchev–Trinajstić information content (AvgIpc) is 2.97. The summed E-state index contributed by atoms with van der Waals surface area (Å²) in [5, 5.41) is 10.5. The van der Waals surface area contributed by atoms with Crippen LogP contribution >= 0.6 is 11.6 Å². The minimum absolute atomic E-state index is 0.0369. The lowest BCUT2D eigenvalue weighted by Crippen LogP contribution is -2.43. The first-order chi connectivity index (χ1) is 12.5. The number of aryl methyl sites for hydroxylation is 2. The molecule has 0 atom stereocenters. The minimum atomic E-state index is -0.0715. The Hall–Kier alpha value is -2.34. The van der Waals surface area contributed by atoms with Crippen LogP contribution in [0, 0.1) is 19.8 Å². The van der Waals surface area contributed by atoms with Gasteiger partial charge in [0.05, 0.1) is 16.3 Å². The molecule has 0 radical (unpaired) electrons. The van der Waals surface area contributed by atoms with Crippen LogP contribution in [0.25, 0.3) is 0 Å². The van der Waals surface area contributed by atoms with E-state index in [1.807, 2.05) is 13.8 Å². The molecule has 7 heteroatoms. The van der Waals surface area contributed by atoms with Crippen LogP contribution in [0.15, 0.2) is 24.3 Å². The number of aromatic amines is 1. The molecule has 1 aromatic heterocycles. The summed E-state index contributed by atoms with van der Waals surface area (Å²) >= 11 is 6.11. The zero-order valence-electron chi connectivity index (χ0n) is 15.0. The van der Waals surface area contributed by atoms with Gasteiger partial charge in [-0.25, -0.2) is 0 Å². The molecule has 138 valence electrons. The maximum atomic E-state index is 12.6. The number of likely N-dealkylation sites (tertiary alicyclic amines) is 1. The van der Waals surface area contributed by atoms with E-state index in [9.17, 15) is 9.59 Å². The van der Waals surface area contributed by atoms with Crippen LogP contribution in [0.4, 0.5) is 0 Å². The van der Waals surface area contributed by atoms with Crippen molar-refractivity contribution in [1.29, 1.82) is 0 Å². The molecule has 1 fully saturated rings. The fraction of sp³-hybridized carbons (Fsp3) is 0.421. The summed E-state index contributed by atoms with van der Waals surface area (Å²) < 4.78 is 0. The Bertz CT molecular complexity index is 790. The van der Waals surface area contributed by atoms with E-state index in [0.717, 1.165) is 17.0 Å². The highest BCUT2D eigenvalue weighted by atomic mass is 35.5. The van der Waals surface area contributed by atoms with E-state index in [-0.39, 0.29) is 17.7 Å². The average molecular weight is 375 g/mol. The predicted octanol–water partition coefficient (Wildman–Crippen LogP) is 2.85. The first-order valence-electron chi connectivity index (χ1n) is 8.79. The molecule has 6 nitrogen and oxygen atoms in total. The van der Waals surface area contributed by atoms with Crippen LogP contribution < -0.4 is 5.32 Å². The second-order valence-corrected chi connectivity index (χ2v) is 7.08. The quantitative estimate of drug-likeness (QED) is 0.863. The zero-order valence-corrected chi connectivity index (χ0v) is 15.8. The number of benzene rings is 1. The Kier molecular flexibility index (Phi) is 5.61. The number of hydrogen-bond acceptors (Lipinski definition) is 3. The lowest BCUT2D eigenvalue weighted by atomic mass is 9.95. The van der Waals surface area contributed by atoms with Gasteiger partial charge in [-0.2, -0.15) is 5.10 Å². The van der Waals surface area contributed by atoms with E-state index < -0.39 is 0 Å². The maximum Gasteiger partial charge on any atom is 0.255 e. The van der Waals surface area contributed by atoms with Crippen LogP contribution in [0.2, 0.25) is 5.02 Å². The summed E-state index contributed by atoms with van der Waals surface area (Å²) in [6.07, 6.45) is 1.32. The van der Waals surface area contributed by atoms with Gasteiger partial charge in [-0.15, -0.1) is 0 Å². The van der Waals surface area contributed by atoms with Crippen molar-refractivity contribution in [2.75, 3.05) is 13.1 Å². The molecule has 2 aromatic rings. The van der Waals surface area contributed by atoms with Crippen LogP contribution in [-0.2, 0) is 11.3 Å². The summed E-state index contributed by atoms with van der Waals surface area (Å²) in [6.45, 7) is 5.47. The molecule has 2 amide bonds. The minimum Gasteiger partial charge on any atom is -0.352 e. The number of carbonyl (C=O) groups excluding carboxylic acids is 2. The summed E-state index contributed by atoms with van der Waals surface area (Å²) in [6, 6.07) is 7.06. The number of nitrogens with one attached hydrogen (secondary N) is 2. The molecule has 0 bridgehead atoms. The van der Waals surface area contributed by atoms with E-state index in [1.165, 1.54) is 0 Å². The second-order valence-electron chi connectivity index (χ2n) is 6.68. The van der Waals surface area contributed by atoms with Crippen LogP contribution in [0.3, 0.4) is 0 Å². The van der Waals surface area contributed by atoms with Gasteiger partial charge < -0.3 is 10.2 Å². The van der Waals surface area contributed by atoms with Crippen molar-refractivity contribution in [3.05, 3.63) is 51.8 Å². The molecular formula is C19H23ClN4O2. The van der Waals surface area contributed by atoms with Crippen LogP contribution in [0.1, 0.15) is 40.2 Å². The third-order valence-electron chi connectivity index (χ3n) is 4.98. The summed E-state index contributed by atoms with van der Waals surface area (Å²) in [7, 11) is 0. The van der Waals surface area contributed by atoms with Gasteiger partial charge in [0, 0.05) is 36.8 Å². The van der Waals surface area contributed by atoms with Gasteiger partial charge in [-0.1, -0.05) is 23.7 Å². The summed E-state index contributed by atoms with van der Waals surface area (Å²) in [4.78, 5) is 26.8. The van der Waals surface area contributed by atoms with Crippen molar-refractivity contribution in [2.45, 2.75) is 33.2 Å². The normalized spacial score (nSPS) is 15.1. The molecule has 0 unspecified atom stereocenters. The van der Waals surface area contributed by atoms with Crippen LogP contribution in [0.5, 0.6) is 0 Å². The Morgan fingerprint density at radius 1 is 1.27 bits per heavy atom. The summed E-state index contributed by atoms with van der Waals surface area (Å²) in [5.74, 6) is -0.105. The van der Waals surface area contributed by atoms with Gasteiger partial charge in [-0.05, 0) is 38.8 Å². The molecule has 3 rings (SSSR count). The molecule has 1 aromatic carbocycles. The molecule has 1 aliphatic rings. The Labute approximate surface area is 157 Å². The van der Waals surface area contributed by atoms with Gasteiger partial charge in [0.25, 0.3) is 5.91 Å². The number of nitrogens with zero attached hydrogens (tertiary/aromatic N) is 2. The third kappa shape index (κ3) is 3.90. The van der Waals surface area contributed by atoms with Gasteiger partial charge in [0.2, 0.25) is 5.91 Å². The number of carbonyl (C=O) groups is 2. The predicted molar refractivity (Wildman–Crippen MR) is 100.0 cm³/mol. The largest absolute Gasteiger partial charge is 0.352 e. The number of rotatable bonds is 4. The highest BCUT2D eigenvalue weighted by molar-refractivity contribution is 6.33. The molecule has 1 saturated heterocycles. The number of H-pyrrole nitrogens is 1. The number of hydrogen-bond donors (Lipinski definition) is 2. The highest BCUT2D eigenvalue weighted by Crippen LogP contribution is 2.22. The monoisotopic (exact) mass is 374 g/mol. The Balaban J connectivity index is 1.52.